The third-order valence-corrected chi connectivity index (χ3v) is 3.00. The van der Waals surface area contributed by atoms with Crippen LogP contribution >= 0.6 is 0 Å². The number of carbonyl (C=O) groups excluding carboxylic acids is 1. The number of aryl methyl sites for hydroxylation is 1. The minimum Gasteiger partial charge on any atom is -0.506 e. The number of aromatic nitrogens is 2. The van der Waals surface area contributed by atoms with Crippen molar-refractivity contribution in [3.05, 3.63) is 53.9 Å². The quantitative estimate of drug-likeness (QED) is 0.625. The van der Waals surface area contributed by atoms with Crippen LogP contribution in [0.15, 0.2) is 42.5 Å². The number of aromatic hydroxyl groups is 1. The van der Waals surface area contributed by atoms with Crippen LogP contribution < -0.4 is 5.32 Å². The van der Waals surface area contributed by atoms with E-state index >= 15 is 0 Å². The predicted molar refractivity (Wildman–Crippen MR) is 76.9 cm³/mol. The summed E-state index contributed by atoms with van der Waals surface area (Å²) in [6.45, 7) is 1.89. The van der Waals surface area contributed by atoms with Gasteiger partial charge in [0.05, 0.1) is 16.7 Å². The smallest absolute Gasteiger partial charge is 0.291 e. The van der Waals surface area contributed by atoms with Crippen LogP contribution in [-0.4, -0.2) is 21.0 Å². The number of nitrogens with one attached hydrogen (secondary N) is 2. The first kappa shape index (κ1) is 12.2. The number of imidazole rings is 1. The first-order valence-corrected chi connectivity index (χ1v) is 6.19. The summed E-state index contributed by atoms with van der Waals surface area (Å²) in [5, 5.41) is 12.4. The topological polar surface area (TPSA) is 78.0 Å². The lowest BCUT2D eigenvalue weighted by Gasteiger charge is -2.06. The summed E-state index contributed by atoms with van der Waals surface area (Å²) in [6.07, 6.45) is 0. The first-order chi connectivity index (χ1) is 9.63. The minimum absolute atomic E-state index is 0.0278. The summed E-state index contributed by atoms with van der Waals surface area (Å²) in [4.78, 5) is 19.3. The standard InChI is InChI=1S/C15H13N3O2/c1-9-6-7-13(19)12(8-9)18-15(20)14-16-10-4-2-3-5-11(10)17-14/h2-8,19H,1H3,(H,16,17)(H,18,20). The Morgan fingerprint density at radius 3 is 2.85 bits per heavy atom. The fraction of sp³-hybridized carbons (Fsp3) is 0.0667. The van der Waals surface area contributed by atoms with Crippen LogP contribution in [0, 0.1) is 6.92 Å². The van der Waals surface area contributed by atoms with Gasteiger partial charge in [-0.25, -0.2) is 4.98 Å². The van der Waals surface area contributed by atoms with Gasteiger partial charge in [-0.1, -0.05) is 18.2 Å². The molecule has 100 valence electrons. The molecular weight excluding hydrogens is 254 g/mol. The number of rotatable bonds is 2. The second kappa shape index (κ2) is 4.70. The fourth-order valence-corrected chi connectivity index (χ4v) is 1.99. The molecule has 0 aliphatic rings. The monoisotopic (exact) mass is 267 g/mol. The van der Waals surface area contributed by atoms with Gasteiger partial charge in [-0.2, -0.15) is 0 Å². The highest BCUT2D eigenvalue weighted by atomic mass is 16.3. The van der Waals surface area contributed by atoms with Crippen molar-refractivity contribution in [2.24, 2.45) is 0 Å². The molecule has 0 aliphatic carbocycles. The van der Waals surface area contributed by atoms with E-state index in [9.17, 15) is 9.90 Å². The highest BCUT2D eigenvalue weighted by molar-refractivity contribution is 6.04. The Morgan fingerprint density at radius 1 is 1.25 bits per heavy atom. The summed E-state index contributed by atoms with van der Waals surface area (Å²) in [6, 6.07) is 12.4. The van der Waals surface area contributed by atoms with Crippen molar-refractivity contribution in [1.82, 2.24) is 9.97 Å². The van der Waals surface area contributed by atoms with E-state index in [1.807, 2.05) is 31.2 Å². The van der Waals surface area contributed by atoms with Gasteiger partial charge in [0.25, 0.3) is 5.91 Å². The maximum absolute atomic E-state index is 12.1. The molecule has 5 nitrogen and oxygen atoms in total. The molecule has 0 radical (unpaired) electrons. The van der Waals surface area contributed by atoms with E-state index in [1.165, 1.54) is 0 Å². The lowest BCUT2D eigenvalue weighted by atomic mass is 10.2. The number of para-hydroxylation sites is 2. The number of H-pyrrole nitrogens is 1. The molecule has 1 aromatic heterocycles. The average molecular weight is 267 g/mol. The molecular formula is C15H13N3O2. The van der Waals surface area contributed by atoms with Crippen molar-refractivity contribution in [2.45, 2.75) is 6.92 Å². The molecule has 3 aromatic rings. The number of anilines is 1. The van der Waals surface area contributed by atoms with Gasteiger partial charge >= 0.3 is 0 Å². The number of nitrogens with zero attached hydrogens (tertiary/aromatic N) is 1. The summed E-state index contributed by atoms with van der Waals surface area (Å²) in [7, 11) is 0. The molecule has 0 spiro atoms. The zero-order chi connectivity index (χ0) is 14.1. The van der Waals surface area contributed by atoms with Crippen LogP contribution in [0.4, 0.5) is 5.69 Å². The number of benzene rings is 2. The molecule has 0 fully saturated rings. The van der Waals surface area contributed by atoms with E-state index in [-0.39, 0.29) is 17.5 Å². The number of fused-ring (bicyclic) bond motifs is 1. The SMILES string of the molecule is Cc1ccc(O)c(NC(=O)c2nc3ccccc3[nH]2)c1. The Bertz CT molecular complexity index is 760. The maximum Gasteiger partial charge on any atom is 0.291 e. The molecule has 0 unspecified atom stereocenters. The van der Waals surface area contributed by atoms with E-state index in [0.717, 1.165) is 16.6 Å². The summed E-state index contributed by atoms with van der Waals surface area (Å²) in [5.41, 5.74) is 2.84. The summed E-state index contributed by atoms with van der Waals surface area (Å²) in [5.74, 6) is -0.144. The number of hydrogen-bond donors (Lipinski definition) is 3. The van der Waals surface area contributed by atoms with Gasteiger partial charge in [-0.15, -0.1) is 0 Å². The van der Waals surface area contributed by atoms with Gasteiger partial charge in [-0.05, 0) is 36.8 Å². The molecule has 0 atom stereocenters. The lowest BCUT2D eigenvalue weighted by molar-refractivity contribution is 0.101. The zero-order valence-corrected chi connectivity index (χ0v) is 10.8. The van der Waals surface area contributed by atoms with Gasteiger partial charge < -0.3 is 15.4 Å². The second-order valence-corrected chi connectivity index (χ2v) is 4.58. The predicted octanol–water partition coefficient (Wildman–Crippen LogP) is 2.83. The second-order valence-electron chi connectivity index (χ2n) is 4.58. The van der Waals surface area contributed by atoms with Crippen LogP contribution in [-0.2, 0) is 0 Å². The number of aromatic amines is 1. The number of phenols is 1. The van der Waals surface area contributed by atoms with Crippen molar-refractivity contribution in [1.29, 1.82) is 0 Å². The van der Waals surface area contributed by atoms with Gasteiger partial charge in [-0.3, -0.25) is 4.79 Å². The third kappa shape index (κ3) is 2.21. The van der Waals surface area contributed by atoms with Crippen molar-refractivity contribution in [2.75, 3.05) is 5.32 Å². The van der Waals surface area contributed by atoms with Gasteiger partial charge in [0.15, 0.2) is 5.82 Å². The van der Waals surface area contributed by atoms with Gasteiger partial charge in [0.2, 0.25) is 0 Å². The molecule has 20 heavy (non-hydrogen) atoms. The number of amides is 1. The molecule has 3 rings (SSSR count). The maximum atomic E-state index is 12.1. The normalized spacial score (nSPS) is 10.7. The van der Waals surface area contributed by atoms with Crippen LogP contribution in [0.1, 0.15) is 16.2 Å². The van der Waals surface area contributed by atoms with E-state index in [0.29, 0.717) is 5.69 Å². The molecule has 1 heterocycles. The molecule has 0 saturated carbocycles. The van der Waals surface area contributed by atoms with E-state index in [1.54, 1.807) is 18.2 Å². The van der Waals surface area contributed by atoms with Crippen molar-refractivity contribution < 1.29 is 9.90 Å². The Labute approximate surface area is 115 Å². The van der Waals surface area contributed by atoms with Crippen LogP contribution in [0.25, 0.3) is 11.0 Å². The van der Waals surface area contributed by atoms with E-state index in [4.69, 9.17) is 0 Å². The third-order valence-electron chi connectivity index (χ3n) is 3.00. The molecule has 0 aliphatic heterocycles. The highest BCUT2D eigenvalue weighted by Crippen LogP contribution is 2.24. The average Bonchev–Trinajstić information content (AvgIpc) is 2.87. The molecule has 2 aromatic carbocycles. The lowest BCUT2D eigenvalue weighted by Crippen LogP contribution is -2.13. The molecule has 5 heteroatoms. The Morgan fingerprint density at radius 2 is 2.05 bits per heavy atom. The van der Waals surface area contributed by atoms with E-state index < -0.39 is 0 Å². The van der Waals surface area contributed by atoms with Gasteiger partial charge in [0, 0.05) is 0 Å². The summed E-state index contributed by atoms with van der Waals surface area (Å²) >= 11 is 0. The number of carbonyl (C=O) groups is 1. The first-order valence-electron chi connectivity index (χ1n) is 6.19. The highest BCUT2D eigenvalue weighted by Gasteiger charge is 2.13. The molecule has 3 N–H and O–H groups in total. The van der Waals surface area contributed by atoms with Gasteiger partial charge in [0.1, 0.15) is 5.75 Å². The van der Waals surface area contributed by atoms with Crippen molar-refractivity contribution in [3.8, 4) is 5.75 Å². The van der Waals surface area contributed by atoms with E-state index in [2.05, 4.69) is 15.3 Å². The molecule has 0 saturated heterocycles. The number of hydrogen-bond acceptors (Lipinski definition) is 3. The largest absolute Gasteiger partial charge is 0.506 e. The Kier molecular flexibility index (Phi) is 2.87. The zero-order valence-electron chi connectivity index (χ0n) is 10.8. The van der Waals surface area contributed by atoms with Crippen LogP contribution in [0.3, 0.4) is 0 Å². The number of phenolic OH excluding ortho intramolecular Hbond substituents is 1. The van der Waals surface area contributed by atoms with Crippen LogP contribution in [0.2, 0.25) is 0 Å². The summed E-state index contributed by atoms with van der Waals surface area (Å²) < 4.78 is 0. The fourth-order valence-electron chi connectivity index (χ4n) is 1.99. The van der Waals surface area contributed by atoms with Crippen molar-refractivity contribution in [3.63, 3.8) is 0 Å². The Hall–Kier alpha value is -2.82. The molecule has 0 bridgehead atoms. The Balaban J connectivity index is 1.90. The van der Waals surface area contributed by atoms with Crippen LogP contribution in [0.5, 0.6) is 5.75 Å². The minimum atomic E-state index is -0.387. The molecule has 1 amide bonds. The van der Waals surface area contributed by atoms with Crippen molar-refractivity contribution >= 4 is 22.6 Å².